The van der Waals surface area contributed by atoms with Gasteiger partial charge in [0.25, 0.3) is 0 Å². The summed E-state index contributed by atoms with van der Waals surface area (Å²) < 4.78 is 0.998. The monoisotopic (exact) mass is 342 g/mol. The summed E-state index contributed by atoms with van der Waals surface area (Å²) in [4.78, 5) is 11.8. The van der Waals surface area contributed by atoms with Gasteiger partial charge in [-0.25, -0.2) is 4.79 Å². The third-order valence-corrected chi connectivity index (χ3v) is 3.61. The van der Waals surface area contributed by atoms with Crippen LogP contribution in [-0.2, 0) is 0 Å². The summed E-state index contributed by atoms with van der Waals surface area (Å²) in [5.41, 5.74) is 1.90. The van der Waals surface area contributed by atoms with Gasteiger partial charge in [0.05, 0.1) is 6.10 Å². The summed E-state index contributed by atoms with van der Waals surface area (Å²) in [5.74, 6) is 0.324. The Morgan fingerprint density at radius 1 is 1.40 bits per heavy atom. The predicted octanol–water partition coefficient (Wildman–Crippen LogP) is 3.86. The molecule has 112 valence electrons. The number of carbonyl (C=O) groups excluding carboxylic acids is 1. The molecular weight excluding hydrogens is 320 g/mol. The second kappa shape index (κ2) is 8.27. The molecule has 1 aromatic rings. The maximum absolute atomic E-state index is 11.8. The van der Waals surface area contributed by atoms with Gasteiger partial charge in [-0.2, -0.15) is 0 Å². The number of nitrogens with one attached hydrogen (secondary N) is 2. The highest BCUT2D eigenvalue weighted by Crippen LogP contribution is 2.27. The van der Waals surface area contributed by atoms with Crippen LogP contribution in [0.5, 0.6) is 0 Å². The molecule has 0 bridgehead atoms. The zero-order valence-corrected chi connectivity index (χ0v) is 13.8. The van der Waals surface area contributed by atoms with Gasteiger partial charge in [0.2, 0.25) is 0 Å². The fourth-order valence-electron chi connectivity index (χ4n) is 1.85. The molecule has 0 aliphatic heterocycles. The van der Waals surface area contributed by atoms with E-state index in [2.05, 4.69) is 40.4 Å². The second-order valence-corrected chi connectivity index (χ2v) is 6.03. The normalized spacial score (nSPS) is 12.3. The molecule has 5 heteroatoms. The number of hydrogen-bond donors (Lipinski definition) is 3. The Morgan fingerprint density at radius 2 is 2.10 bits per heavy atom. The Hall–Kier alpha value is -1.07. The molecule has 0 aliphatic rings. The number of aliphatic hydroxyl groups is 1. The van der Waals surface area contributed by atoms with Crippen LogP contribution in [0, 0.1) is 0 Å². The van der Waals surface area contributed by atoms with Crippen LogP contribution in [0.2, 0.25) is 0 Å². The van der Waals surface area contributed by atoms with E-state index in [9.17, 15) is 9.90 Å². The Bertz CT molecular complexity index is 449. The predicted molar refractivity (Wildman–Crippen MR) is 86.2 cm³/mol. The van der Waals surface area contributed by atoms with E-state index in [0.717, 1.165) is 15.7 Å². The van der Waals surface area contributed by atoms with E-state index in [1.807, 2.05) is 25.1 Å². The molecular formula is C15H23BrN2O2. The highest BCUT2D eigenvalue weighted by molar-refractivity contribution is 9.10. The quantitative estimate of drug-likeness (QED) is 0.735. The smallest absolute Gasteiger partial charge is 0.319 e. The molecule has 2 amide bonds. The molecule has 0 aromatic heterocycles. The highest BCUT2D eigenvalue weighted by Gasteiger charge is 2.10. The molecule has 1 unspecified atom stereocenters. The third kappa shape index (κ3) is 5.51. The Balaban J connectivity index is 2.57. The number of hydrogen-bond acceptors (Lipinski definition) is 2. The fraction of sp³-hybridized carbons (Fsp3) is 0.533. The van der Waals surface area contributed by atoms with Crippen molar-refractivity contribution in [3.63, 3.8) is 0 Å². The first kappa shape index (κ1) is 17.0. The number of aliphatic hydroxyl groups excluding tert-OH is 1. The topological polar surface area (TPSA) is 61.4 Å². The molecule has 0 saturated carbocycles. The molecule has 0 aliphatic carbocycles. The molecule has 1 aromatic carbocycles. The minimum atomic E-state index is -0.353. The fourth-order valence-corrected chi connectivity index (χ4v) is 2.23. The van der Waals surface area contributed by atoms with Crippen molar-refractivity contribution >= 4 is 27.6 Å². The minimum Gasteiger partial charge on any atom is -0.393 e. The summed E-state index contributed by atoms with van der Waals surface area (Å²) in [5, 5.41) is 15.0. The zero-order valence-electron chi connectivity index (χ0n) is 12.2. The van der Waals surface area contributed by atoms with E-state index in [0.29, 0.717) is 25.3 Å². The van der Waals surface area contributed by atoms with Crippen molar-refractivity contribution in [1.82, 2.24) is 5.32 Å². The van der Waals surface area contributed by atoms with E-state index in [1.165, 1.54) is 0 Å². The van der Waals surface area contributed by atoms with Crippen LogP contribution < -0.4 is 10.6 Å². The Morgan fingerprint density at radius 3 is 2.70 bits per heavy atom. The molecule has 1 atom stereocenters. The van der Waals surface area contributed by atoms with E-state index < -0.39 is 0 Å². The summed E-state index contributed by atoms with van der Waals surface area (Å²) >= 11 is 3.44. The van der Waals surface area contributed by atoms with Crippen molar-refractivity contribution in [1.29, 1.82) is 0 Å². The van der Waals surface area contributed by atoms with Gasteiger partial charge in [-0.15, -0.1) is 0 Å². The molecule has 3 N–H and O–H groups in total. The molecule has 0 spiro atoms. The van der Waals surface area contributed by atoms with Crippen molar-refractivity contribution in [3.8, 4) is 0 Å². The molecule has 0 saturated heterocycles. The summed E-state index contributed by atoms with van der Waals surface area (Å²) in [6.07, 6.45) is 0.920. The van der Waals surface area contributed by atoms with E-state index >= 15 is 0 Å². The lowest BCUT2D eigenvalue weighted by atomic mass is 10.0. The van der Waals surface area contributed by atoms with Crippen molar-refractivity contribution in [3.05, 3.63) is 28.2 Å². The molecule has 0 heterocycles. The number of urea groups is 1. The number of amides is 2. The molecule has 20 heavy (non-hydrogen) atoms. The van der Waals surface area contributed by atoms with Gasteiger partial charge in [0, 0.05) is 16.7 Å². The number of anilines is 1. The summed E-state index contributed by atoms with van der Waals surface area (Å²) in [6.45, 7) is 6.56. The lowest BCUT2D eigenvalue weighted by Crippen LogP contribution is -2.31. The van der Waals surface area contributed by atoms with Crippen LogP contribution in [-0.4, -0.2) is 23.8 Å². The van der Waals surface area contributed by atoms with Gasteiger partial charge in [-0.3, -0.25) is 0 Å². The Labute approximate surface area is 129 Å². The van der Waals surface area contributed by atoms with E-state index in [1.54, 1.807) is 0 Å². The molecule has 1 rings (SSSR count). The molecule has 4 nitrogen and oxygen atoms in total. The number of halogens is 1. The van der Waals surface area contributed by atoms with Gasteiger partial charge < -0.3 is 15.7 Å². The lowest BCUT2D eigenvalue weighted by molar-refractivity contribution is 0.160. The van der Waals surface area contributed by atoms with Crippen LogP contribution in [0.25, 0.3) is 0 Å². The maximum atomic E-state index is 11.8. The van der Waals surface area contributed by atoms with E-state index in [-0.39, 0.29) is 12.1 Å². The minimum absolute atomic E-state index is 0.238. The van der Waals surface area contributed by atoms with Crippen LogP contribution in [0.3, 0.4) is 0 Å². The van der Waals surface area contributed by atoms with Crippen molar-refractivity contribution in [2.75, 3.05) is 11.9 Å². The average Bonchev–Trinajstić information content (AvgIpc) is 2.40. The molecule has 0 radical (unpaired) electrons. The third-order valence-electron chi connectivity index (χ3n) is 3.12. The van der Waals surface area contributed by atoms with Crippen LogP contribution in [0.1, 0.15) is 45.1 Å². The van der Waals surface area contributed by atoms with E-state index in [4.69, 9.17) is 0 Å². The van der Waals surface area contributed by atoms with Crippen LogP contribution >= 0.6 is 15.9 Å². The van der Waals surface area contributed by atoms with Gasteiger partial charge in [0.1, 0.15) is 0 Å². The number of rotatable bonds is 6. The molecule has 0 fully saturated rings. The van der Waals surface area contributed by atoms with Crippen molar-refractivity contribution in [2.45, 2.75) is 45.6 Å². The van der Waals surface area contributed by atoms with Crippen molar-refractivity contribution in [2.24, 2.45) is 0 Å². The van der Waals surface area contributed by atoms with Crippen LogP contribution in [0.4, 0.5) is 10.5 Å². The number of benzene rings is 1. The van der Waals surface area contributed by atoms with Crippen molar-refractivity contribution < 1.29 is 9.90 Å². The zero-order chi connectivity index (χ0) is 15.1. The maximum Gasteiger partial charge on any atom is 0.319 e. The van der Waals surface area contributed by atoms with Gasteiger partial charge in [-0.1, -0.05) is 36.7 Å². The highest BCUT2D eigenvalue weighted by atomic mass is 79.9. The first-order valence-corrected chi connectivity index (χ1v) is 7.75. The average molecular weight is 343 g/mol. The SMILES string of the molecule is CCC(O)CCNC(=O)Nc1ccc(Br)cc1C(C)C. The Kier molecular flexibility index (Phi) is 7.02. The van der Waals surface area contributed by atoms with Crippen LogP contribution in [0.15, 0.2) is 22.7 Å². The summed E-state index contributed by atoms with van der Waals surface area (Å²) in [6, 6.07) is 5.57. The second-order valence-electron chi connectivity index (χ2n) is 5.12. The van der Waals surface area contributed by atoms with Gasteiger partial charge in [0.15, 0.2) is 0 Å². The largest absolute Gasteiger partial charge is 0.393 e. The van der Waals surface area contributed by atoms with Gasteiger partial charge in [-0.05, 0) is 42.5 Å². The lowest BCUT2D eigenvalue weighted by Gasteiger charge is -2.15. The standard InChI is InChI=1S/C15H23BrN2O2/c1-4-12(19)7-8-17-15(20)18-14-6-5-11(16)9-13(14)10(2)3/h5-6,9-10,12,19H,4,7-8H2,1-3H3,(H2,17,18,20). The first-order valence-electron chi connectivity index (χ1n) is 6.96. The first-order chi connectivity index (χ1) is 9.43. The summed E-state index contributed by atoms with van der Waals surface area (Å²) in [7, 11) is 0. The number of carbonyl (C=O) groups is 1. The van der Waals surface area contributed by atoms with Gasteiger partial charge >= 0.3 is 6.03 Å².